The van der Waals surface area contributed by atoms with Crippen LogP contribution in [0.1, 0.15) is 33.6 Å². The summed E-state index contributed by atoms with van der Waals surface area (Å²) in [7, 11) is -3.09. The smallest absolute Gasteiger partial charge is 0.212 e. The van der Waals surface area contributed by atoms with Gasteiger partial charge in [0.2, 0.25) is 10.0 Å². The highest BCUT2D eigenvalue weighted by molar-refractivity contribution is 7.89. The van der Waals surface area contributed by atoms with Crippen LogP contribution in [0.25, 0.3) is 0 Å². The van der Waals surface area contributed by atoms with Crippen molar-refractivity contribution in [2.45, 2.75) is 39.7 Å². The zero-order valence-corrected chi connectivity index (χ0v) is 13.8. The maximum absolute atomic E-state index is 11.5. The van der Waals surface area contributed by atoms with Crippen molar-refractivity contribution in [3.05, 3.63) is 11.6 Å². The fourth-order valence-corrected chi connectivity index (χ4v) is 3.29. The molecule has 0 aromatic heterocycles. The van der Waals surface area contributed by atoms with E-state index in [1.54, 1.807) is 6.92 Å². The largest absolute Gasteiger partial charge is 0.313 e. The van der Waals surface area contributed by atoms with Crippen LogP contribution < -0.4 is 10.0 Å². The molecule has 1 rings (SSSR count). The van der Waals surface area contributed by atoms with Crippen LogP contribution >= 0.6 is 0 Å². The van der Waals surface area contributed by atoms with Gasteiger partial charge in [-0.05, 0) is 39.8 Å². The summed E-state index contributed by atoms with van der Waals surface area (Å²) in [6.07, 6.45) is 4.45. The van der Waals surface area contributed by atoms with Crippen LogP contribution in [0.4, 0.5) is 0 Å². The summed E-state index contributed by atoms with van der Waals surface area (Å²) in [4.78, 5) is 2.45. The van der Waals surface area contributed by atoms with Gasteiger partial charge in [-0.3, -0.25) is 4.90 Å². The third kappa shape index (κ3) is 7.38. The van der Waals surface area contributed by atoms with Crippen molar-refractivity contribution in [2.24, 2.45) is 0 Å². The minimum Gasteiger partial charge on any atom is -0.313 e. The molecule has 0 aromatic rings. The highest BCUT2D eigenvalue weighted by Crippen LogP contribution is 2.10. The lowest BCUT2D eigenvalue weighted by Crippen LogP contribution is -2.44. The molecule has 1 aliphatic rings. The number of piperidine rings is 1. The molecule has 0 amide bonds. The van der Waals surface area contributed by atoms with E-state index < -0.39 is 10.0 Å². The summed E-state index contributed by atoms with van der Waals surface area (Å²) in [5.41, 5.74) is 1.36. The van der Waals surface area contributed by atoms with Gasteiger partial charge in [0, 0.05) is 25.7 Å². The van der Waals surface area contributed by atoms with Gasteiger partial charge in [0.1, 0.15) is 0 Å². The Hall–Kier alpha value is -0.430. The van der Waals surface area contributed by atoms with E-state index in [0.717, 1.165) is 32.5 Å². The molecule has 0 aromatic carbocycles. The maximum atomic E-state index is 11.5. The fraction of sp³-hybridized carbons (Fsp3) is 0.857. The van der Waals surface area contributed by atoms with E-state index in [2.05, 4.69) is 34.9 Å². The van der Waals surface area contributed by atoms with Gasteiger partial charge in [-0.15, -0.1) is 0 Å². The molecule has 0 unspecified atom stereocenters. The number of nitrogens with zero attached hydrogens (tertiary/aromatic N) is 1. The van der Waals surface area contributed by atoms with Crippen molar-refractivity contribution >= 4 is 10.0 Å². The predicted molar refractivity (Wildman–Crippen MR) is 84.4 cm³/mol. The van der Waals surface area contributed by atoms with Gasteiger partial charge in [-0.2, -0.15) is 0 Å². The van der Waals surface area contributed by atoms with Crippen LogP contribution in [0.15, 0.2) is 11.6 Å². The molecule has 2 N–H and O–H groups in total. The summed E-state index contributed by atoms with van der Waals surface area (Å²) < 4.78 is 25.5. The van der Waals surface area contributed by atoms with E-state index in [0.29, 0.717) is 19.1 Å². The first-order valence-corrected chi connectivity index (χ1v) is 9.14. The Morgan fingerprint density at radius 1 is 1.30 bits per heavy atom. The molecular formula is C14H29N3O2S. The molecule has 5 nitrogen and oxygen atoms in total. The predicted octanol–water partition coefficient (Wildman–Crippen LogP) is 0.946. The quantitative estimate of drug-likeness (QED) is 0.655. The molecule has 0 radical (unpaired) electrons. The van der Waals surface area contributed by atoms with Gasteiger partial charge in [0.05, 0.1) is 5.75 Å². The van der Waals surface area contributed by atoms with Crippen LogP contribution in [0, 0.1) is 0 Å². The zero-order chi connectivity index (χ0) is 15.0. The van der Waals surface area contributed by atoms with Gasteiger partial charge in [0.25, 0.3) is 0 Å². The minimum absolute atomic E-state index is 0.165. The molecule has 0 aliphatic carbocycles. The summed E-state index contributed by atoms with van der Waals surface area (Å²) in [6.45, 7) is 10.2. The van der Waals surface area contributed by atoms with E-state index >= 15 is 0 Å². The van der Waals surface area contributed by atoms with E-state index in [9.17, 15) is 8.42 Å². The highest BCUT2D eigenvalue weighted by atomic mass is 32.2. The topological polar surface area (TPSA) is 61.4 Å². The lowest BCUT2D eigenvalue weighted by molar-refractivity contribution is 0.216. The number of likely N-dealkylation sites (tertiary alicyclic amines) is 1. The van der Waals surface area contributed by atoms with Gasteiger partial charge in [-0.1, -0.05) is 18.6 Å². The summed E-state index contributed by atoms with van der Waals surface area (Å²) >= 11 is 0. The van der Waals surface area contributed by atoms with E-state index in [1.807, 2.05) is 0 Å². The lowest BCUT2D eigenvalue weighted by Gasteiger charge is -2.31. The van der Waals surface area contributed by atoms with Crippen LogP contribution in [0.5, 0.6) is 0 Å². The molecular weight excluding hydrogens is 274 g/mol. The number of rotatable bonds is 8. The number of allylic oxidation sites excluding steroid dienone is 1. The Bertz CT molecular complexity index is 395. The SMILES string of the molecule is CCNS(=O)(=O)CCNC1CCN(CC=C(C)C)CC1. The van der Waals surface area contributed by atoms with Gasteiger partial charge >= 0.3 is 0 Å². The third-order valence-electron chi connectivity index (χ3n) is 3.51. The Morgan fingerprint density at radius 3 is 2.50 bits per heavy atom. The van der Waals surface area contributed by atoms with Crippen molar-refractivity contribution in [2.75, 3.05) is 38.5 Å². The Kier molecular flexibility index (Phi) is 7.72. The van der Waals surface area contributed by atoms with E-state index in [4.69, 9.17) is 0 Å². The summed E-state index contributed by atoms with van der Waals surface area (Å²) in [5, 5.41) is 3.36. The summed E-state index contributed by atoms with van der Waals surface area (Å²) in [5.74, 6) is 0.165. The van der Waals surface area contributed by atoms with Crippen molar-refractivity contribution in [3.8, 4) is 0 Å². The van der Waals surface area contributed by atoms with Gasteiger partial charge in [0.15, 0.2) is 0 Å². The van der Waals surface area contributed by atoms with Crippen molar-refractivity contribution in [1.29, 1.82) is 0 Å². The molecule has 1 fully saturated rings. The van der Waals surface area contributed by atoms with Crippen LogP contribution in [-0.2, 0) is 10.0 Å². The monoisotopic (exact) mass is 303 g/mol. The van der Waals surface area contributed by atoms with Crippen LogP contribution in [-0.4, -0.2) is 57.8 Å². The third-order valence-corrected chi connectivity index (χ3v) is 4.98. The van der Waals surface area contributed by atoms with Crippen molar-refractivity contribution in [1.82, 2.24) is 14.9 Å². The van der Waals surface area contributed by atoms with Gasteiger partial charge in [-0.25, -0.2) is 13.1 Å². The van der Waals surface area contributed by atoms with Crippen LogP contribution in [0.3, 0.4) is 0 Å². The second kappa shape index (κ2) is 8.77. The van der Waals surface area contributed by atoms with Crippen LogP contribution in [0.2, 0.25) is 0 Å². The summed E-state index contributed by atoms with van der Waals surface area (Å²) in [6, 6.07) is 0.453. The lowest BCUT2D eigenvalue weighted by atomic mass is 10.1. The van der Waals surface area contributed by atoms with E-state index in [1.165, 1.54) is 5.57 Å². The average Bonchev–Trinajstić information content (AvgIpc) is 2.37. The second-order valence-electron chi connectivity index (χ2n) is 5.63. The number of hydrogen-bond donors (Lipinski definition) is 2. The molecule has 0 atom stereocenters. The minimum atomic E-state index is -3.09. The molecule has 0 saturated carbocycles. The number of nitrogens with one attached hydrogen (secondary N) is 2. The zero-order valence-electron chi connectivity index (χ0n) is 13.0. The molecule has 6 heteroatoms. The first kappa shape index (κ1) is 17.6. The Morgan fingerprint density at radius 2 is 1.95 bits per heavy atom. The molecule has 118 valence electrons. The first-order chi connectivity index (χ1) is 9.43. The van der Waals surface area contributed by atoms with Gasteiger partial charge < -0.3 is 5.32 Å². The molecule has 1 saturated heterocycles. The maximum Gasteiger partial charge on any atom is 0.212 e. The number of sulfonamides is 1. The molecule has 20 heavy (non-hydrogen) atoms. The fourth-order valence-electron chi connectivity index (χ4n) is 2.32. The van der Waals surface area contributed by atoms with E-state index in [-0.39, 0.29) is 5.75 Å². The Balaban J connectivity index is 2.18. The molecule has 1 heterocycles. The Labute approximate surface area is 123 Å². The number of hydrogen-bond acceptors (Lipinski definition) is 4. The normalized spacial score (nSPS) is 18.1. The molecule has 0 bridgehead atoms. The second-order valence-corrected chi connectivity index (χ2v) is 7.55. The van der Waals surface area contributed by atoms with Crippen molar-refractivity contribution < 1.29 is 8.42 Å². The highest BCUT2D eigenvalue weighted by Gasteiger charge is 2.18. The van der Waals surface area contributed by atoms with Crippen molar-refractivity contribution in [3.63, 3.8) is 0 Å². The molecule has 1 aliphatic heterocycles. The molecule has 0 spiro atoms. The first-order valence-electron chi connectivity index (χ1n) is 7.49. The standard InChI is InChI=1S/C14H29N3O2S/c1-4-16-20(18,19)12-8-15-14-6-10-17(11-7-14)9-5-13(2)3/h5,14-16H,4,6-12H2,1-3H3. The average molecular weight is 303 g/mol.